The number of β-amino-alcohol motifs (C(OH)–C–C–N with tert-alkyl or cyclic N) is 2. The molecule has 106 valence electrons. The first-order valence-corrected chi connectivity index (χ1v) is 6.57. The van der Waals surface area contributed by atoms with Crippen LogP contribution in [0.5, 0.6) is 0 Å². The van der Waals surface area contributed by atoms with E-state index in [0.29, 0.717) is 31.6 Å². The zero-order chi connectivity index (χ0) is 14.0. The van der Waals surface area contributed by atoms with Crippen molar-refractivity contribution in [3.63, 3.8) is 0 Å². The Balaban J connectivity index is 1.87. The van der Waals surface area contributed by atoms with Crippen LogP contribution < -0.4 is 5.73 Å². The number of nitrogens with two attached hydrogens (primary N) is 1. The summed E-state index contributed by atoms with van der Waals surface area (Å²) in [5, 5.41) is 18.9. The van der Waals surface area contributed by atoms with Gasteiger partial charge in [-0.1, -0.05) is 12.1 Å². The molecule has 1 saturated heterocycles. The van der Waals surface area contributed by atoms with Gasteiger partial charge in [0.2, 0.25) is 0 Å². The fourth-order valence-electron chi connectivity index (χ4n) is 2.36. The van der Waals surface area contributed by atoms with Crippen LogP contribution in [0.3, 0.4) is 0 Å². The van der Waals surface area contributed by atoms with E-state index < -0.39 is 12.2 Å². The van der Waals surface area contributed by atoms with E-state index in [1.54, 1.807) is 13.0 Å². The molecule has 4 N–H and O–H groups in total. The molecule has 2 rings (SSSR count). The number of aliphatic hydroxyl groups is 2. The minimum absolute atomic E-state index is 0.231. The SMILES string of the molecule is Cc1ccc(C(N)CCN2CC(O)C(O)C2)cc1F. The number of rotatable bonds is 4. The predicted octanol–water partition coefficient (Wildman–Crippen LogP) is 0.561. The lowest BCUT2D eigenvalue weighted by atomic mass is 10.0. The van der Waals surface area contributed by atoms with Crippen LogP contribution in [0, 0.1) is 12.7 Å². The molecule has 1 aromatic rings. The zero-order valence-corrected chi connectivity index (χ0v) is 11.1. The van der Waals surface area contributed by atoms with Gasteiger partial charge in [-0.3, -0.25) is 4.90 Å². The summed E-state index contributed by atoms with van der Waals surface area (Å²) in [6.45, 7) is 3.34. The van der Waals surface area contributed by atoms with Crippen molar-refractivity contribution >= 4 is 0 Å². The highest BCUT2D eigenvalue weighted by Gasteiger charge is 2.29. The number of aryl methyl sites for hydroxylation is 1. The third-order valence-corrected chi connectivity index (χ3v) is 3.72. The van der Waals surface area contributed by atoms with Gasteiger partial charge in [0.05, 0.1) is 12.2 Å². The second kappa shape index (κ2) is 5.96. The molecule has 3 unspecified atom stereocenters. The molecular formula is C14H21FN2O2. The number of likely N-dealkylation sites (tertiary alicyclic amines) is 1. The molecule has 1 aliphatic rings. The van der Waals surface area contributed by atoms with Crippen molar-refractivity contribution in [1.82, 2.24) is 4.90 Å². The van der Waals surface area contributed by atoms with E-state index in [9.17, 15) is 14.6 Å². The van der Waals surface area contributed by atoms with E-state index >= 15 is 0 Å². The quantitative estimate of drug-likeness (QED) is 0.746. The molecule has 3 atom stereocenters. The molecule has 0 radical (unpaired) electrons. The van der Waals surface area contributed by atoms with Crippen molar-refractivity contribution in [2.45, 2.75) is 31.6 Å². The van der Waals surface area contributed by atoms with E-state index in [1.807, 2.05) is 11.0 Å². The summed E-state index contributed by atoms with van der Waals surface area (Å²) in [4.78, 5) is 1.97. The van der Waals surface area contributed by atoms with Crippen LogP contribution in [0.25, 0.3) is 0 Å². The van der Waals surface area contributed by atoms with Gasteiger partial charge in [0.25, 0.3) is 0 Å². The molecule has 1 fully saturated rings. The van der Waals surface area contributed by atoms with Crippen LogP contribution in [-0.2, 0) is 0 Å². The Bertz CT molecular complexity index is 431. The summed E-state index contributed by atoms with van der Waals surface area (Å²) in [5.41, 5.74) is 7.44. The van der Waals surface area contributed by atoms with E-state index in [2.05, 4.69) is 0 Å². The van der Waals surface area contributed by atoms with Gasteiger partial charge in [0.1, 0.15) is 5.82 Å². The molecule has 0 aliphatic carbocycles. The summed E-state index contributed by atoms with van der Waals surface area (Å²) >= 11 is 0. The molecule has 5 heteroatoms. The van der Waals surface area contributed by atoms with E-state index in [1.165, 1.54) is 6.07 Å². The fourth-order valence-corrected chi connectivity index (χ4v) is 2.36. The van der Waals surface area contributed by atoms with Crippen molar-refractivity contribution in [3.8, 4) is 0 Å². The third kappa shape index (κ3) is 3.51. The average Bonchev–Trinajstić information content (AvgIpc) is 2.69. The summed E-state index contributed by atoms with van der Waals surface area (Å²) in [7, 11) is 0. The Morgan fingerprint density at radius 3 is 2.58 bits per heavy atom. The Morgan fingerprint density at radius 2 is 2.00 bits per heavy atom. The lowest BCUT2D eigenvalue weighted by Gasteiger charge is -2.18. The Morgan fingerprint density at radius 1 is 1.37 bits per heavy atom. The van der Waals surface area contributed by atoms with Crippen LogP contribution in [-0.4, -0.2) is 47.0 Å². The van der Waals surface area contributed by atoms with Crippen molar-refractivity contribution in [2.24, 2.45) is 5.73 Å². The first-order chi connectivity index (χ1) is 8.97. The second-order valence-corrected chi connectivity index (χ2v) is 5.30. The molecule has 4 nitrogen and oxygen atoms in total. The lowest BCUT2D eigenvalue weighted by Crippen LogP contribution is -2.26. The maximum atomic E-state index is 13.5. The molecule has 1 heterocycles. The topological polar surface area (TPSA) is 69.7 Å². The molecule has 0 amide bonds. The van der Waals surface area contributed by atoms with Gasteiger partial charge in [-0.15, -0.1) is 0 Å². The minimum atomic E-state index is -0.673. The first kappa shape index (κ1) is 14.4. The zero-order valence-electron chi connectivity index (χ0n) is 11.1. The monoisotopic (exact) mass is 268 g/mol. The van der Waals surface area contributed by atoms with Gasteiger partial charge in [-0.05, 0) is 30.5 Å². The highest BCUT2D eigenvalue weighted by atomic mass is 19.1. The van der Waals surface area contributed by atoms with Crippen molar-refractivity contribution in [1.29, 1.82) is 0 Å². The van der Waals surface area contributed by atoms with Gasteiger partial charge in [-0.2, -0.15) is 0 Å². The standard InChI is InChI=1S/C14H21FN2O2/c1-9-2-3-10(6-11(9)15)12(16)4-5-17-7-13(18)14(19)8-17/h2-3,6,12-14,18-19H,4-5,7-8,16H2,1H3. The summed E-state index contributed by atoms with van der Waals surface area (Å²) < 4.78 is 13.5. The maximum Gasteiger partial charge on any atom is 0.126 e. The van der Waals surface area contributed by atoms with Crippen LogP contribution >= 0.6 is 0 Å². The van der Waals surface area contributed by atoms with Crippen LogP contribution in [0.1, 0.15) is 23.6 Å². The second-order valence-electron chi connectivity index (χ2n) is 5.30. The highest BCUT2D eigenvalue weighted by molar-refractivity contribution is 5.25. The predicted molar refractivity (Wildman–Crippen MR) is 71.1 cm³/mol. The summed E-state index contributed by atoms with van der Waals surface area (Å²) in [6.07, 6.45) is -0.678. The van der Waals surface area contributed by atoms with Gasteiger partial charge in [-0.25, -0.2) is 4.39 Å². The maximum absolute atomic E-state index is 13.5. The fraction of sp³-hybridized carbons (Fsp3) is 0.571. The van der Waals surface area contributed by atoms with Crippen LogP contribution in [0.15, 0.2) is 18.2 Å². The Kier molecular flexibility index (Phi) is 4.52. The van der Waals surface area contributed by atoms with Crippen LogP contribution in [0.4, 0.5) is 4.39 Å². The number of hydrogen-bond donors (Lipinski definition) is 3. The summed E-state index contributed by atoms with van der Waals surface area (Å²) in [6, 6.07) is 4.82. The van der Waals surface area contributed by atoms with Gasteiger partial charge in [0.15, 0.2) is 0 Å². The Labute approximate surface area is 112 Å². The van der Waals surface area contributed by atoms with Gasteiger partial charge >= 0.3 is 0 Å². The number of nitrogens with zero attached hydrogens (tertiary/aromatic N) is 1. The molecule has 1 aromatic carbocycles. The van der Waals surface area contributed by atoms with E-state index in [4.69, 9.17) is 5.73 Å². The van der Waals surface area contributed by atoms with E-state index in [-0.39, 0.29) is 11.9 Å². The number of hydrogen-bond acceptors (Lipinski definition) is 4. The molecule has 0 saturated carbocycles. The first-order valence-electron chi connectivity index (χ1n) is 6.57. The Hall–Kier alpha value is -1.01. The lowest BCUT2D eigenvalue weighted by molar-refractivity contribution is 0.0572. The van der Waals surface area contributed by atoms with Crippen molar-refractivity contribution in [2.75, 3.05) is 19.6 Å². The average molecular weight is 268 g/mol. The largest absolute Gasteiger partial charge is 0.389 e. The van der Waals surface area contributed by atoms with Crippen molar-refractivity contribution < 1.29 is 14.6 Å². The smallest absolute Gasteiger partial charge is 0.126 e. The van der Waals surface area contributed by atoms with Crippen molar-refractivity contribution in [3.05, 3.63) is 35.1 Å². The number of aliphatic hydroxyl groups excluding tert-OH is 2. The molecule has 19 heavy (non-hydrogen) atoms. The molecule has 0 bridgehead atoms. The highest BCUT2D eigenvalue weighted by Crippen LogP contribution is 2.19. The third-order valence-electron chi connectivity index (χ3n) is 3.72. The van der Waals surface area contributed by atoms with Crippen LogP contribution in [0.2, 0.25) is 0 Å². The molecule has 0 aromatic heterocycles. The summed E-state index contributed by atoms with van der Waals surface area (Å²) in [5.74, 6) is -0.236. The molecule has 0 spiro atoms. The normalized spacial score (nSPS) is 25.7. The minimum Gasteiger partial charge on any atom is -0.389 e. The number of benzene rings is 1. The molecule has 1 aliphatic heterocycles. The number of halogens is 1. The van der Waals surface area contributed by atoms with Gasteiger partial charge < -0.3 is 15.9 Å². The van der Waals surface area contributed by atoms with Gasteiger partial charge in [0, 0.05) is 25.7 Å². The molecular weight excluding hydrogens is 247 g/mol. The van der Waals surface area contributed by atoms with E-state index in [0.717, 1.165) is 5.56 Å².